The molecule has 5 nitrogen and oxygen atoms in total. The van der Waals surface area contributed by atoms with Crippen molar-refractivity contribution in [2.45, 2.75) is 38.6 Å². The van der Waals surface area contributed by atoms with Gasteiger partial charge in [-0.25, -0.2) is 8.42 Å². The highest BCUT2D eigenvalue weighted by Crippen LogP contribution is 2.23. The first-order valence-corrected chi connectivity index (χ1v) is 9.19. The molecule has 2 rings (SSSR count). The number of anilines is 1. The van der Waals surface area contributed by atoms with Gasteiger partial charge >= 0.3 is 0 Å². The Bertz CT molecular complexity index is 858. The average Bonchev–Trinajstić information content (AvgIpc) is 2.49. The molecule has 6 heteroatoms. The molecular formula is C18H22N2O3S. The van der Waals surface area contributed by atoms with Crippen LogP contribution in [-0.2, 0) is 10.0 Å². The molecule has 24 heavy (non-hydrogen) atoms. The van der Waals surface area contributed by atoms with Crippen LogP contribution < -0.4 is 10.0 Å². The molecule has 0 aromatic heterocycles. The lowest BCUT2D eigenvalue weighted by molar-refractivity contribution is 0.0944. The van der Waals surface area contributed by atoms with E-state index in [4.69, 9.17) is 0 Å². The zero-order valence-corrected chi connectivity index (χ0v) is 15.1. The third kappa shape index (κ3) is 4.14. The summed E-state index contributed by atoms with van der Waals surface area (Å²) < 4.78 is 28.0. The Hall–Kier alpha value is -2.34. The number of nitrogens with one attached hydrogen (secondary N) is 2. The lowest BCUT2D eigenvalue weighted by Crippen LogP contribution is -2.31. The number of benzene rings is 2. The van der Waals surface area contributed by atoms with Crippen LogP contribution >= 0.6 is 0 Å². The summed E-state index contributed by atoms with van der Waals surface area (Å²) >= 11 is 0. The zero-order valence-electron chi connectivity index (χ0n) is 14.3. The summed E-state index contributed by atoms with van der Waals surface area (Å²) in [4.78, 5) is 12.5. The number of aryl methyl sites for hydroxylation is 2. The van der Waals surface area contributed by atoms with E-state index in [1.165, 1.54) is 0 Å². The number of carbonyl (C=O) groups is 1. The van der Waals surface area contributed by atoms with Crippen LogP contribution in [0.1, 0.15) is 35.3 Å². The average molecular weight is 346 g/mol. The molecule has 0 bridgehead atoms. The molecule has 0 aliphatic rings. The maximum atomic E-state index is 12.7. The molecular weight excluding hydrogens is 324 g/mol. The van der Waals surface area contributed by atoms with E-state index in [-0.39, 0.29) is 22.5 Å². The summed E-state index contributed by atoms with van der Waals surface area (Å²) in [7, 11) is -3.78. The topological polar surface area (TPSA) is 75.3 Å². The van der Waals surface area contributed by atoms with Crippen molar-refractivity contribution in [2.75, 3.05) is 4.72 Å². The lowest BCUT2D eigenvalue weighted by atomic mass is 10.1. The maximum Gasteiger partial charge on any atom is 0.262 e. The molecule has 0 fully saturated rings. The van der Waals surface area contributed by atoms with Gasteiger partial charge < -0.3 is 5.32 Å². The number of hydrogen-bond acceptors (Lipinski definition) is 3. The smallest absolute Gasteiger partial charge is 0.262 e. The van der Waals surface area contributed by atoms with Gasteiger partial charge in [0.25, 0.3) is 15.9 Å². The normalized spacial score (nSPS) is 11.4. The largest absolute Gasteiger partial charge is 0.350 e. The van der Waals surface area contributed by atoms with Crippen molar-refractivity contribution in [3.8, 4) is 0 Å². The summed E-state index contributed by atoms with van der Waals surface area (Å²) in [6, 6.07) is 11.8. The number of para-hydroxylation sites is 1. The van der Waals surface area contributed by atoms with Crippen LogP contribution in [0, 0.1) is 13.8 Å². The minimum atomic E-state index is -3.78. The van der Waals surface area contributed by atoms with E-state index in [1.807, 2.05) is 26.8 Å². The van der Waals surface area contributed by atoms with E-state index in [1.54, 1.807) is 43.3 Å². The standard InChI is InChI=1S/C18H22N2O3S/c1-12(2)19-18(21)15-7-5-6-8-16(15)20-24(22,23)17-11-13(3)9-10-14(17)4/h5-12,20H,1-4H3,(H,19,21). The Kier molecular flexibility index (Phi) is 5.29. The molecule has 0 atom stereocenters. The molecule has 0 aliphatic carbocycles. The van der Waals surface area contributed by atoms with E-state index in [2.05, 4.69) is 10.0 Å². The first-order valence-electron chi connectivity index (χ1n) is 7.70. The fourth-order valence-electron chi connectivity index (χ4n) is 2.31. The van der Waals surface area contributed by atoms with Crippen molar-refractivity contribution < 1.29 is 13.2 Å². The molecule has 0 radical (unpaired) electrons. The third-order valence-electron chi connectivity index (χ3n) is 3.47. The first-order chi connectivity index (χ1) is 11.2. The van der Waals surface area contributed by atoms with Crippen molar-refractivity contribution in [2.24, 2.45) is 0 Å². The number of sulfonamides is 1. The number of rotatable bonds is 5. The van der Waals surface area contributed by atoms with E-state index in [9.17, 15) is 13.2 Å². The molecule has 0 aliphatic heterocycles. The SMILES string of the molecule is Cc1ccc(C)c(S(=O)(=O)Nc2ccccc2C(=O)NC(C)C)c1. The van der Waals surface area contributed by atoms with Crippen LogP contribution in [-0.4, -0.2) is 20.4 Å². The fraction of sp³-hybridized carbons (Fsp3) is 0.278. The van der Waals surface area contributed by atoms with Gasteiger partial charge in [-0.15, -0.1) is 0 Å². The number of hydrogen-bond donors (Lipinski definition) is 2. The molecule has 0 spiro atoms. The molecule has 0 heterocycles. The van der Waals surface area contributed by atoms with E-state index < -0.39 is 10.0 Å². The lowest BCUT2D eigenvalue weighted by Gasteiger charge is -2.15. The van der Waals surface area contributed by atoms with Crippen LogP contribution in [0.25, 0.3) is 0 Å². The second kappa shape index (κ2) is 7.05. The maximum absolute atomic E-state index is 12.7. The first kappa shape index (κ1) is 18.0. The molecule has 2 aromatic rings. The van der Waals surface area contributed by atoms with Gasteiger partial charge in [-0.3, -0.25) is 9.52 Å². The van der Waals surface area contributed by atoms with Crippen LogP contribution in [0.5, 0.6) is 0 Å². The van der Waals surface area contributed by atoms with Crippen molar-refractivity contribution in [3.05, 3.63) is 59.2 Å². The molecule has 0 saturated carbocycles. The van der Waals surface area contributed by atoms with E-state index >= 15 is 0 Å². The van der Waals surface area contributed by atoms with Gasteiger partial charge in [0, 0.05) is 6.04 Å². The van der Waals surface area contributed by atoms with E-state index in [0.717, 1.165) is 5.56 Å². The van der Waals surface area contributed by atoms with Gasteiger partial charge in [-0.05, 0) is 57.0 Å². The number of amides is 1. The van der Waals surface area contributed by atoms with Crippen LogP contribution in [0.15, 0.2) is 47.4 Å². The molecule has 0 saturated heterocycles. The van der Waals surface area contributed by atoms with Gasteiger partial charge in [0.1, 0.15) is 0 Å². The predicted octanol–water partition coefficient (Wildman–Crippen LogP) is 3.24. The Morgan fingerprint density at radius 2 is 1.71 bits per heavy atom. The van der Waals surface area contributed by atoms with Crippen molar-refractivity contribution in [1.82, 2.24) is 5.32 Å². The van der Waals surface area contributed by atoms with Crippen molar-refractivity contribution >= 4 is 21.6 Å². The van der Waals surface area contributed by atoms with Gasteiger partial charge in [-0.2, -0.15) is 0 Å². The van der Waals surface area contributed by atoms with Crippen molar-refractivity contribution in [1.29, 1.82) is 0 Å². The number of carbonyl (C=O) groups excluding carboxylic acids is 1. The molecule has 2 aromatic carbocycles. The Labute approximate surface area is 143 Å². The summed E-state index contributed by atoms with van der Waals surface area (Å²) in [5, 5.41) is 2.77. The highest BCUT2D eigenvalue weighted by Gasteiger charge is 2.20. The minimum Gasteiger partial charge on any atom is -0.350 e. The van der Waals surface area contributed by atoms with Crippen LogP contribution in [0.2, 0.25) is 0 Å². The molecule has 0 unspecified atom stereocenters. The summed E-state index contributed by atoms with van der Waals surface area (Å²) in [6.45, 7) is 7.27. The van der Waals surface area contributed by atoms with Gasteiger partial charge in [-0.1, -0.05) is 24.3 Å². The summed E-state index contributed by atoms with van der Waals surface area (Å²) in [5.74, 6) is -0.315. The molecule has 128 valence electrons. The molecule has 1 amide bonds. The van der Waals surface area contributed by atoms with Gasteiger partial charge in [0.2, 0.25) is 0 Å². The fourth-order valence-corrected chi connectivity index (χ4v) is 3.72. The van der Waals surface area contributed by atoms with Crippen LogP contribution in [0.3, 0.4) is 0 Å². The van der Waals surface area contributed by atoms with Gasteiger partial charge in [0.05, 0.1) is 16.1 Å². The second-order valence-electron chi connectivity index (χ2n) is 6.05. The minimum absolute atomic E-state index is 0.0406. The quantitative estimate of drug-likeness (QED) is 0.873. The van der Waals surface area contributed by atoms with E-state index in [0.29, 0.717) is 11.1 Å². The van der Waals surface area contributed by atoms with Crippen LogP contribution in [0.4, 0.5) is 5.69 Å². The Morgan fingerprint density at radius 1 is 1.04 bits per heavy atom. The third-order valence-corrected chi connectivity index (χ3v) is 4.98. The second-order valence-corrected chi connectivity index (χ2v) is 7.70. The Balaban J connectivity index is 2.40. The zero-order chi connectivity index (χ0) is 17.9. The summed E-state index contributed by atoms with van der Waals surface area (Å²) in [6.07, 6.45) is 0. The predicted molar refractivity (Wildman–Crippen MR) is 95.8 cm³/mol. The van der Waals surface area contributed by atoms with Gasteiger partial charge in [0.15, 0.2) is 0 Å². The monoisotopic (exact) mass is 346 g/mol. The molecule has 2 N–H and O–H groups in total. The van der Waals surface area contributed by atoms with Crippen molar-refractivity contribution in [3.63, 3.8) is 0 Å². The highest BCUT2D eigenvalue weighted by molar-refractivity contribution is 7.92. The summed E-state index contributed by atoms with van der Waals surface area (Å²) in [5.41, 5.74) is 2.06. The highest BCUT2D eigenvalue weighted by atomic mass is 32.2. The Morgan fingerprint density at radius 3 is 2.38 bits per heavy atom.